The van der Waals surface area contributed by atoms with E-state index >= 15 is 0 Å². The van der Waals surface area contributed by atoms with Crippen LogP contribution in [0.15, 0.2) is 94.3 Å². The van der Waals surface area contributed by atoms with E-state index in [2.05, 4.69) is 14.9 Å². The van der Waals surface area contributed by atoms with Crippen molar-refractivity contribution in [1.82, 2.24) is 10.1 Å². The molecule has 0 amide bonds. The van der Waals surface area contributed by atoms with Crippen LogP contribution < -0.4 is 9.46 Å². The highest BCUT2D eigenvalue weighted by molar-refractivity contribution is 7.92. The zero-order valence-corrected chi connectivity index (χ0v) is 20.3. The summed E-state index contributed by atoms with van der Waals surface area (Å²) in [5, 5.41) is 6.14. The Balaban J connectivity index is 1.33. The van der Waals surface area contributed by atoms with Gasteiger partial charge in [-0.05, 0) is 65.4 Å². The third-order valence-electron chi connectivity index (χ3n) is 5.07. The number of hydrogen-bond acceptors (Lipinski definition) is 6. The summed E-state index contributed by atoms with van der Waals surface area (Å²) in [6.45, 7) is 0.183. The van der Waals surface area contributed by atoms with Crippen molar-refractivity contribution in [3.8, 4) is 17.2 Å². The molecule has 4 aromatic carbocycles. The smallest absolute Gasteiger partial charge is 0.261 e. The minimum atomic E-state index is -3.87. The number of ether oxygens (including phenoxy) is 1. The third kappa shape index (κ3) is 5.40. The van der Waals surface area contributed by atoms with Crippen molar-refractivity contribution in [1.29, 1.82) is 0 Å². The highest BCUT2D eigenvalue weighted by atomic mass is 35.5. The van der Waals surface area contributed by atoms with E-state index < -0.39 is 10.0 Å². The van der Waals surface area contributed by atoms with E-state index in [0.717, 1.165) is 22.1 Å². The topological polar surface area (TPSA) is 94.3 Å². The summed E-state index contributed by atoms with van der Waals surface area (Å²) >= 11 is 11.9. The molecule has 176 valence electrons. The van der Waals surface area contributed by atoms with Gasteiger partial charge in [0.2, 0.25) is 5.82 Å². The van der Waals surface area contributed by atoms with Gasteiger partial charge >= 0.3 is 0 Å². The largest absolute Gasteiger partial charge is 0.485 e. The van der Waals surface area contributed by atoms with Crippen molar-refractivity contribution in [2.75, 3.05) is 4.72 Å². The van der Waals surface area contributed by atoms with Crippen molar-refractivity contribution >= 4 is 49.7 Å². The van der Waals surface area contributed by atoms with Crippen LogP contribution in [0, 0.1) is 0 Å². The molecule has 35 heavy (non-hydrogen) atoms. The second-order valence-corrected chi connectivity index (χ2v) is 10.2. The van der Waals surface area contributed by atoms with Gasteiger partial charge in [0.25, 0.3) is 15.9 Å². The van der Waals surface area contributed by atoms with Crippen LogP contribution >= 0.6 is 23.2 Å². The minimum Gasteiger partial charge on any atom is -0.485 e. The molecular formula is C25H17Cl2N3O4S. The van der Waals surface area contributed by atoms with Crippen LogP contribution in [-0.4, -0.2) is 18.6 Å². The average molecular weight is 526 g/mol. The molecule has 5 rings (SSSR count). The molecule has 10 heteroatoms. The standard InChI is InChI=1S/C25H17Cl2N3O4S/c26-19-12-20(27)14-23(13-19)35(31,32)30-21-9-8-16-10-18(7-6-17(16)11-21)25-28-24(29-34-25)15-33-22-4-2-1-3-5-22/h1-14,30H,15H2. The van der Waals surface area contributed by atoms with Gasteiger partial charge in [0.05, 0.1) is 4.90 Å². The van der Waals surface area contributed by atoms with Gasteiger partial charge in [0.1, 0.15) is 5.75 Å². The summed E-state index contributed by atoms with van der Waals surface area (Å²) in [7, 11) is -3.87. The van der Waals surface area contributed by atoms with Crippen molar-refractivity contribution in [2.45, 2.75) is 11.5 Å². The van der Waals surface area contributed by atoms with E-state index in [-0.39, 0.29) is 21.5 Å². The maximum Gasteiger partial charge on any atom is 0.261 e. The Hall–Kier alpha value is -3.59. The Bertz CT molecular complexity index is 1600. The molecule has 0 unspecified atom stereocenters. The Labute approximate surface area is 211 Å². The van der Waals surface area contributed by atoms with Gasteiger partial charge in [-0.15, -0.1) is 0 Å². The SMILES string of the molecule is O=S(=O)(Nc1ccc2cc(-c3nc(COc4ccccc4)no3)ccc2c1)c1cc(Cl)cc(Cl)c1. The minimum absolute atomic E-state index is 0.0195. The van der Waals surface area contributed by atoms with Crippen LogP contribution in [0.1, 0.15) is 5.82 Å². The molecule has 0 fully saturated rings. The van der Waals surface area contributed by atoms with Gasteiger partial charge in [0.15, 0.2) is 6.61 Å². The van der Waals surface area contributed by atoms with Gasteiger partial charge in [0, 0.05) is 21.3 Å². The first-order valence-corrected chi connectivity index (χ1v) is 12.6. The lowest BCUT2D eigenvalue weighted by Gasteiger charge is -2.10. The number of aromatic nitrogens is 2. The molecule has 0 radical (unpaired) electrons. The first-order chi connectivity index (χ1) is 16.9. The fourth-order valence-electron chi connectivity index (χ4n) is 3.43. The van der Waals surface area contributed by atoms with Crippen molar-refractivity contribution in [3.63, 3.8) is 0 Å². The fourth-order valence-corrected chi connectivity index (χ4v) is 5.21. The normalized spacial score (nSPS) is 11.5. The molecule has 0 saturated heterocycles. The van der Waals surface area contributed by atoms with Gasteiger partial charge in [-0.1, -0.05) is 58.7 Å². The molecule has 7 nitrogen and oxygen atoms in total. The van der Waals surface area contributed by atoms with E-state index in [1.54, 1.807) is 18.2 Å². The van der Waals surface area contributed by atoms with E-state index in [1.165, 1.54) is 18.2 Å². The highest BCUT2D eigenvalue weighted by Gasteiger charge is 2.16. The first kappa shape index (κ1) is 23.2. The summed E-state index contributed by atoms with van der Waals surface area (Å²) in [6.07, 6.45) is 0. The number of hydrogen-bond donors (Lipinski definition) is 1. The lowest BCUT2D eigenvalue weighted by Crippen LogP contribution is -2.12. The number of benzene rings is 4. The summed E-state index contributed by atoms with van der Waals surface area (Å²) in [5.74, 6) is 1.51. The summed E-state index contributed by atoms with van der Waals surface area (Å²) in [5.41, 5.74) is 1.14. The Kier molecular flexibility index (Phi) is 6.34. The zero-order valence-electron chi connectivity index (χ0n) is 18.0. The van der Waals surface area contributed by atoms with Crippen LogP contribution in [0.3, 0.4) is 0 Å². The number of fused-ring (bicyclic) bond motifs is 1. The second kappa shape index (κ2) is 9.58. The molecule has 1 heterocycles. The number of sulfonamides is 1. The molecule has 1 N–H and O–H groups in total. The summed E-state index contributed by atoms with van der Waals surface area (Å²) in [4.78, 5) is 4.38. The Morgan fingerprint density at radius 3 is 2.34 bits per heavy atom. The molecule has 0 aliphatic carbocycles. The van der Waals surface area contributed by atoms with Gasteiger partial charge in [-0.3, -0.25) is 4.72 Å². The molecule has 0 aliphatic heterocycles. The first-order valence-electron chi connectivity index (χ1n) is 10.4. The predicted molar refractivity (Wildman–Crippen MR) is 135 cm³/mol. The van der Waals surface area contributed by atoms with Crippen LogP contribution in [0.25, 0.3) is 22.2 Å². The molecular weight excluding hydrogens is 509 g/mol. The number of rotatable bonds is 7. The van der Waals surface area contributed by atoms with Crippen LogP contribution in [0.2, 0.25) is 10.0 Å². The van der Waals surface area contributed by atoms with E-state index in [4.69, 9.17) is 32.5 Å². The maximum absolute atomic E-state index is 12.8. The molecule has 1 aromatic heterocycles. The highest BCUT2D eigenvalue weighted by Crippen LogP contribution is 2.28. The van der Waals surface area contributed by atoms with Crippen LogP contribution in [0.4, 0.5) is 5.69 Å². The Morgan fingerprint density at radius 1 is 0.857 bits per heavy atom. The second-order valence-electron chi connectivity index (χ2n) is 7.60. The monoisotopic (exact) mass is 525 g/mol. The number of nitrogens with zero attached hydrogens (tertiary/aromatic N) is 2. The average Bonchev–Trinajstić information content (AvgIpc) is 3.31. The lowest BCUT2D eigenvalue weighted by atomic mass is 10.1. The molecule has 0 spiro atoms. The lowest BCUT2D eigenvalue weighted by molar-refractivity contribution is 0.287. The van der Waals surface area contributed by atoms with E-state index in [9.17, 15) is 8.42 Å². The molecule has 0 atom stereocenters. The van der Waals surface area contributed by atoms with Crippen molar-refractivity contribution in [2.24, 2.45) is 0 Å². The Morgan fingerprint density at radius 2 is 1.57 bits per heavy atom. The van der Waals surface area contributed by atoms with E-state index in [0.29, 0.717) is 17.4 Å². The van der Waals surface area contributed by atoms with Gasteiger partial charge in [-0.2, -0.15) is 4.98 Å². The van der Waals surface area contributed by atoms with Crippen molar-refractivity contribution in [3.05, 3.63) is 101 Å². The van der Waals surface area contributed by atoms with Crippen LogP contribution in [0.5, 0.6) is 5.75 Å². The summed E-state index contributed by atoms with van der Waals surface area (Å²) in [6, 6.07) is 24.3. The number of para-hydroxylation sites is 1. The number of nitrogens with one attached hydrogen (secondary N) is 1. The summed E-state index contributed by atoms with van der Waals surface area (Å²) < 4.78 is 39.1. The number of halogens is 2. The fraction of sp³-hybridized carbons (Fsp3) is 0.0400. The maximum atomic E-state index is 12.8. The quantitative estimate of drug-likeness (QED) is 0.258. The molecule has 0 saturated carbocycles. The van der Waals surface area contributed by atoms with Crippen LogP contribution in [-0.2, 0) is 16.6 Å². The van der Waals surface area contributed by atoms with Crippen molar-refractivity contribution < 1.29 is 17.7 Å². The van der Waals surface area contributed by atoms with Gasteiger partial charge in [-0.25, -0.2) is 8.42 Å². The number of anilines is 1. The molecule has 0 aliphatic rings. The zero-order chi connectivity index (χ0) is 24.4. The third-order valence-corrected chi connectivity index (χ3v) is 6.86. The van der Waals surface area contributed by atoms with Gasteiger partial charge < -0.3 is 9.26 Å². The van der Waals surface area contributed by atoms with E-state index in [1.807, 2.05) is 48.5 Å². The predicted octanol–water partition coefficient (Wildman–Crippen LogP) is 6.58. The molecule has 5 aromatic rings. The molecule has 0 bridgehead atoms.